The van der Waals surface area contributed by atoms with Gasteiger partial charge in [0.2, 0.25) is 0 Å². The average molecular weight is 237 g/mol. The molecular weight excluding hydrogens is 216 g/mol. The van der Waals surface area contributed by atoms with E-state index >= 15 is 0 Å². The Morgan fingerprint density at radius 2 is 1.87 bits per heavy atom. The molecule has 0 saturated carbocycles. The maximum atomic E-state index is 10.8. The topological polar surface area (TPSA) is 57.5 Å². The predicted octanol–water partition coefficient (Wildman–Crippen LogP) is 2.65. The van der Waals surface area contributed by atoms with E-state index in [-0.39, 0.29) is 5.88 Å². The number of halogens is 1. The summed E-state index contributed by atoms with van der Waals surface area (Å²) in [5.74, 6) is -1.66. The first-order valence-electron chi connectivity index (χ1n) is 5.60. The van der Waals surface area contributed by atoms with Gasteiger partial charge in [-0.05, 0) is 6.42 Å². The van der Waals surface area contributed by atoms with Crippen LogP contribution in [-0.2, 0) is 4.79 Å². The number of aliphatic hydroxyl groups excluding tert-OH is 1. The second-order valence-electron chi connectivity index (χ2n) is 3.87. The maximum absolute atomic E-state index is 10.8. The fraction of sp³-hybridized carbons (Fsp3) is 0.909. The Morgan fingerprint density at radius 1 is 1.27 bits per heavy atom. The molecule has 0 bridgehead atoms. The van der Waals surface area contributed by atoms with Gasteiger partial charge >= 0.3 is 5.97 Å². The Bertz CT molecular complexity index is 173. The minimum atomic E-state index is -0.946. The van der Waals surface area contributed by atoms with E-state index in [4.69, 9.17) is 16.7 Å². The molecule has 3 nitrogen and oxygen atoms in total. The number of unbranched alkanes of at least 4 members (excludes halogenated alkanes) is 4. The van der Waals surface area contributed by atoms with Crippen molar-refractivity contribution in [1.82, 2.24) is 0 Å². The minimum Gasteiger partial charge on any atom is -0.481 e. The lowest BCUT2D eigenvalue weighted by atomic mass is 9.96. The Labute approximate surface area is 96.4 Å². The Kier molecular flexibility index (Phi) is 8.82. The molecule has 0 aromatic carbocycles. The highest BCUT2D eigenvalue weighted by Gasteiger charge is 2.24. The zero-order chi connectivity index (χ0) is 11.7. The van der Waals surface area contributed by atoms with Crippen molar-refractivity contribution in [2.75, 3.05) is 5.88 Å². The third-order valence-corrected chi connectivity index (χ3v) is 2.87. The van der Waals surface area contributed by atoms with Gasteiger partial charge in [0.15, 0.2) is 0 Å². The normalized spacial score (nSPS) is 14.9. The summed E-state index contributed by atoms with van der Waals surface area (Å²) < 4.78 is 0. The summed E-state index contributed by atoms with van der Waals surface area (Å²) >= 11 is 5.44. The number of aliphatic carboxylic acids is 1. The SMILES string of the molecule is CCCCCCCC(C(=O)O)[C@@H](O)CCl. The van der Waals surface area contributed by atoms with Crippen LogP contribution >= 0.6 is 11.6 Å². The summed E-state index contributed by atoms with van der Waals surface area (Å²) in [6.45, 7) is 2.14. The molecule has 0 fully saturated rings. The highest BCUT2D eigenvalue weighted by molar-refractivity contribution is 6.18. The van der Waals surface area contributed by atoms with E-state index in [9.17, 15) is 9.90 Å². The van der Waals surface area contributed by atoms with Gasteiger partial charge in [0.05, 0.1) is 12.0 Å². The molecule has 0 amide bonds. The third kappa shape index (κ3) is 6.74. The van der Waals surface area contributed by atoms with Gasteiger partial charge in [-0.3, -0.25) is 4.79 Å². The molecule has 0 spiro atoms. The number of hydrogen-bond acceptors (Lipinski definition) is 2. The van der Waals surface area contributed by atoms with E-state index in [1.165, 1.54) is 12.8 Å². The second-order valence-corrected chi connectivity index (χ2v) is 4.18. The first kappa shape index (κ1) is 14.7. The van der Waals surface area contributed by atoms with Crippen molar-refractivity contribution in [2.24, 2.45) is 5.92 Å². The van der Waals surface area contributed by atoms with Crippen LogP contribution in [-0.4, -0.2) is 28.2 Å². The lowest BCUT2D eigenvalue weighted by Crippen LogP contribution is -2.29. The van der Waals surface area contributed by atoms with Crippen LogP contribution in [0.25, 0.3) is 0 Å². The van der Waals surface area contributed by atoms with E-state index in [1.807, 2.05) is 0 Å². The molecule has 2 N–H and O–H groups in total. The second kappa shape index (κ2) is 8.98. The van der Waals surface area contributed by atoms with Gasteiger partial charge in [0.25, 0.3) is 0 Å². The van der Waals surface area contributed by atoms with Gasteiger partial charge in [-0.25, -0.2) is 0 Å². The predicted molar refractivity (Wildman–Crippen MR) is 61.2 cm³/mol. The molecule has 2 atom stereocenters. The zero-order valence-corrected chi connectivity index (χ0v) is 10.0. The average Bonchev–Trinajstić information content (AvgIpc) is 2.22. The van der Waals surface area contributed by atoms with E-state index in [0.29, 0.717) is 6.42 Å². The number of aliphatic hydroxyl groups is 1. The fourth-order valence-electron chi connectivity index (χ4n) is 1.56. The van der Waals surface area contributed by atoms with E-state index < -0.39 is 18.0 Å². The summed E-state index contributed by atoms with van der Waals surface area (Å²) in [6, 6.07) is 0. The number of carboxylic acid groups (broad SMARTS) is 1. The van der Waals surface area contributed by atoms with E-state index in [1.54, 1.807) is 0 Å². The molecule has 0 heterocycles. The molecule has 0 rings (SSSR count). The van der Waals surface area contributed by atoms with Gasteiger partial charge in [0, 0.05) is 5.88 Å². The van der Waals surface area contributed by atoms with E-state index in [0.717, 1.165) is 19.3 Å². The molecule has 0 aliphatic heterocycles. The summed E-state index contributed by atoms with van der Waals surface area (Å²) in [6.07, 6.45) is 4.99. The minimum absolute atomic E-state index is 0.00801. The number of carboxylic acids is 1. The maximum Gasteiger partial charge on any atom is 0.309 e. The van der Waals surface area contributed by atoms with Crippen molar-refractivity contribution in [1.29, 1.82) is 0 Å². The Balaban J connectivity index is 3.72. The smallest absolute Gasteiger partial charge is 0.309 e. The van der Waals surface area contributed by atoms with Crippen LogP contribution in [0, 0.1) is 5.92 Å². The number of carbonyl (C=O) groups is 1. The zero-order valence-electron chi connectivity index (χ0n) is 9.29. The van der Waals surface area contributed by atoms with Crippen LogP contribution in [0.3, 0.4) is 0 Å². The van der Waals surface area contributed by atoms with Gasteiger partial charge in [-0.1, -0.05) is 39.0 Å². The monoisotopic (exact) mass is 236 g/mol. The van der Waals surface area contributed by atoms with Crippen molar-refractivity contribution in [3.8, 4) is 0 Å². The third-order valence-electron chi connectivity index (χ3n) is 2.56. The van der Waals surface area contributed by atoms with Crippen LogP contribution in [0.1, 0.15) is 45.4 Å². The van der Waals surface area contributed by atoms with Crippen molar-refractivity contribution >= 4 is 17.6 Å². The molecule has 0 aliphatic rings. The summed E-state index contributed by atoms with van der Waals surface area (Å²) in [4.78, 5) is 10.8. The fourth-order valence-corrected chi connectivity index (χ4v) is 1.77. The highest BCUT2D eigenvalue weighted by Crippen LogP contribution is 2.16. The lowest BCUT2D eigenvalue weighted by Gasteiger charge is -2.16. The number of alkyl halides is 1. The van der Waals surface area contributed by atoms with Gasteiger partial charge in [-0.2, -0.15) is 0 Å². The van der Waals surface area contributed by atoms with Crippen molar-refractivity contribution < 1.29 is 15.0 Å². The summed E-state index contributed by atoms with van der Waals surface area (Å²) in [5, 5.41) is 18.2. The first-order valence-corrected chi connectivity index (χ1v) is 6.13. The molecule has 15 heavy (non-hydrogen) atoms. The van der Waals surface area contributed by atoms with Gasteiger partial charge in [0.1, 0.15) is 0 Å². The van der Waals surface area contributed by atoms with E-state index in [2.05, 4.69) is 6.92 Å². The molecule has 90 valence electrons. The standard InChI is InChI=1S/C11H21ClO3/c1-2-3-4-5-6-7-9(11(14)15)10(13)8-12/h9-10,13H,2-8H2,1H3,(H,14,15)/t9?,10-/m0/s1. The molecule has 1 unspecified atom stereocenters. The van der Waals surface area contributed by atoms with Crippen LogP contribution in [0.15, 0.2) is 0 Å². The summed E-state index contributed by atoms with van der Waals surface area (Å²) in [7, 11) is 0. The van der Waals surface area contributed by atoms with Gasteiger partial charge < -0.3 is 10.2 Å². The number of hydrogen-bond donors (Lipinski definition) is 2. The molecule has 4 heteroatoms. The van der Waals surface area contributed by atoms with Crippen LogP contribution < -0.4 is 0 Å². The molecule has 0 aliphatic carbocycles. The Hall–Kier alpha value is -0.280. The van der Waals surface area contributed by atoms with Crippen molar-refractivity contribution in [3.05, 3.63) is 0 Å². The molecule has 0 saturated heterocycles. The molecular formula is C11H21ClO3. The quantitative estimate of drug-likeness (QED) is 0.478. The van der Waals surface area contributed by atoms with Crippen LogP contribution in [0.5, 0.6) is 0 Å². The number of rotatable bonds is 9. The lowest BCUT2D eigenvalue weighted by molar-refractivity contribution is -0.145. The largest absolute Gasteiger partial charge is 0.481 e. The van der Waals surface area contributed by atoms with Gasteiger partial charge in [-0.15, -0.1) is 11.6 Å². The highest BCUT2D eigenvalue weighted by atomic mass is 35.5. The van der Waals surface area contributed by atoms with Crippen molar-refractivity contribution in [3.63, 3.8) is 0 Å². The van der Waals surface area contributed by atoms with Crippen molar-refractivity contribution in [2.45, 2.75) is 51.6 Å². The summed E-state index contributed by atoms with van der Waals surface area (Å²) in [5.41, 5.74) is 0. The molecule has 0 radical (unpaired) electrons. The first-order chi connectivity index (χ1) is 7.13. The molecule has 0 aromatic heterocycles. The molecule has 0 aromatic rings. The van der Waals surface area contributed by atoms with Crippen LogP contribution in [0.4, 0.5) is 0 Å². The van der Waals surface area contributed by atoms with Crippen LogP contribution in [0.2, 0.25) is 0 Å². The Morgan fingerprint density at radius 3 is 2.33 bits per heavy atom.